The number of phenols is 1. The van der Waals surface area contributed by atoms with Gasteiger partial charge in [-0.2, -0.15) is 5.10 Å². The largest absolute Gasteiger partial charge is 0.508 e. The van der Waals surface area contributed by atoms with Crippen molar-refractivity contribution in [2.75, 3.05) is 0 Å². The van der Waals surface area contributed by atoms with Crippen LogP contribution in [0.4, 0.5) is 0 Å². The van der Waals surface area contributed by atoms with Gasteiger partial charge in [0.15, 0.2) is 0 Å². The number of nitrogens with zero attached hydrogens (tertiary/aromatic N) is 2. The Balaban J connectivity index is 2.14. The summed E-state index contributed by atoms with van der Waals surface area (Å²) >= 11 is 0. The third-order valence-electron chi connectivity index (χ3n) is 3.36. The molecule has 0 aliphatic rings. The highest BCUT2D eigenvalue weighted by molar-refractivity contribution is 6.03. The van der Waals surface area contributed by atoms with E-state index in [2.05, 4.69) is 5.10 Å². The molecule has 3 aromatic rings. The molecule has 6 heteroatoms. The highest BCUT2D eigenvalue weighted by atomic mass is 16.4. The Morgan fingerprint density at radius 2 is 1.70 bits per heavy atom. The predicted molar refractivity (Wildman–Crippen MR) is 86.3 cm³/mol. The minimum atomic E-state index is -1.13. The maximum atomic E-state index is 12.4. The van der Waals surface area contributed by atoms with Crippen LogP contribution in [0.15, 0.2) is 64.6 Å². The Hall–Kier alpha value is -3.41. The van der Waals surface area contributed by atoms with Crippen molar-refractivity contribution in [3.63, 3.8) is 0 Å². The third-order valence-corrected chi connectivity index (χ3v) is 3.36. The Kier molecular flexibility index (Phi) is 3.64. The molecule has 3 rings (SSSR count). The van der Waals surface area contributed by atoms with Crippen molar-refractivity contribution in [2.24, 2.45) is 5.10 Å². The Bertz CT molecular complexity index is 972. The number of pyridine rings is 1. The van der Waals surface area contributed by atoms with E-state index in [1.165, 1.54) is 24.5 Å². The van der Waals surface area contributed by atoms with Crippen molar-refractivity contribution >= 4 is 23.0 Å². The lowest BCUT2D eigenvalue weighted by Crippen LogP contribution is -2.19. The normalized spacial score (nSPS) is 11.1. The Labute approximate surface area is 130 Å². The standard InChI is InChI=1S/C17H12N2O4/c20-12-7-5-11(6-8-12)9-18-19-10-15(17(22)23)13-3-1-2-4-14(13)16(19)21/h1-10,20H,(H,22,23)/b18-9+. The quantitative estimate of drug-likeness (QED) is 0.726. The van der Waals surface area contributed by atoms with Crippen molar-refractivity contribution in [2.45, 2.75) is 0 Å². The molecule has 0 spiro atoms. The maximum Gasteiger partial charge on any atom is 0.337 e. The monoisotopic (exact) mass is 308 g/mol. The molecule has 1 aromatic heterocycles. The van der Waals surface area contributed by atoms with Gasteiger partial charge in [0.25, 0.3) is 5.56 Å². The molecular formula is C17H12N2O4. The first-order chi connectivity index (χ1) is 11.1. The van der Waals surface area contributed by atoms with Gasteiger partial charge in [-0.05, 0) is 35.9 Å². The number of aromatic nitrogens is 1. The van der Waals surface area contributed by atoms with Crippen LogP contribution in [-0.2, 0) is 0 Å². The van der Waals surface area contributed by atoms with Gasteiger partial charge in [-0.1, -0.05) is 18.2 Å². The minimum Gasteiger partial charge on any atom is -0.508 e. The molecule has 2 aromatic carbocycles. The van der Waals surface area contributed by atoms with E-state index < -0.39 is 11.5 Å². The van der Waals surface area contributed by atoms with Crippen molar-refractivity contribution in [3.05, 3.63) is 76.2 Å². The van der Waals surface area contributed by atoms with Gasteiger partial charge in [-0.3, -0.25) is 4.79 Å². The molecule has 0 atom stereocenters. The fraction of sp³-hybridized carbons (Fsp3) is 0. The average Bonchev–Trinajstić information content (AvgIpc) is 2.55. The van der Waals surface area contributed by atoms with Gasteiger partial charge in [-0.15, -0.1) is 0 Å². The topological polar surface area (TPSA) is 91.9 Å². The Morgan fingerprint density at radius 1 is 1.04 bits per heavy atom. The predicted octanol–water partition coefficient (Wildman–Crippen LogP) is 2.29. The van der Waals surface area contributed by atoms with Gasteiger partial charge in [0.05, 0.1) is 11.8 Å². The second-order valence-corrected chi connectivity index (χ2v) is 4.88. The molecule has 0 fully saturated rings. The molecular weight excluding hydrogens is 296 g/mol. The minimum absolute atomic E-state index is 0.00283. The lowest BCUT2D eigenvalue weighted by molar-refractivity contribution is 0.0698. The fourth-order valence-corrected chi connectivity index (χ4v) is 2.22. The first kappa shape index (κ1) is 14.5. The number of aromatic carboxylic acids is 1. The highest BCUT2D eigenvalue weighted by Crippen LogP contribution is 2.15. The maximum absolute atomic E-state index is 12.4. The zero-order valence-electron chi connectivity index (χ0n) is 11.9. The molecule has 0 aliphatic carbocycles. The van der Waals surface area contributed by atoms with E-state index in [1.54, 1.807) is 36.4 Å². The lowest BCUT2D eigenvalue weighted by Gasteiger charge is -2.05. The molecule has 1 heterocycles. The molecule has 0 saturated carbocycles. The summed E-state index contributed by atoms with van der Waals surface area (Å²) in [5.41, 5.74) is 0.267. The van der Waals surface area contributed by atoms with Crippen molar-refractivity contribution in [1.29, 1.82) is 0 Å². The van der Waals surface area contributed by atoms with Crippen LogP contribution < -0.4 is 5.56 Å². The summed E-state index contributed by atoms with van der Waals surface area (Å²) < 4.78 is 0.999. The average molecular weight is 308 g/mol. The van der Waals surface area contributed by atoms with Crippen LogP contribution in [-0.4, -0.2) is 27.1 Å². The summed E-state index contributed by atoms with van der Waals surface area (Å²) in [5.74, 6) is -1.01. The molecule has 6 nitrogen and oxygen atoms in total. The zero-order chi connectivity index (χ0) is 16.4. The number of carbonyl (C=O) groups is 1. The van der Waals surface area contributed by atoms with Gasteiger partial charge in [0.1, 0.15) is 5.75 Å². The number of phenolic OH excluding ortho intramolecular Hbond substituents is 1. The number of fused-ring (bicyclic) bond motifs is 1. The summed E-state index contributed by atoms with van der Waals surface area (Å²) in [5, 5.41) is 23.3. The van der Waals surface area contributed by atoms with Gasteiger partial charge < -0.3 is 10.2 Å². The first-order valence-electron chi connectivity index (χ1n) is 6.77. The van der Waals surface area contributed by atoms with Gasteiger partial charge in [-0.25, -0.2) is 9.47 Å². The van der Waals surface area contributed by atoms with Crippen molar-refractivity contribution < 1.29 is 15.0 Å². The van der Waals surface area contributed by atoms with Crippen LogP contribution in [0, 0.1) is 0 Å². The summed E-state index contributed by atoms with van der Waals surface area (Å²) in [6.45, 7) is 0. The molecule has 0 aliphatic heterocycles. The smallest absolute Gasteiger partial charge is 0.337 e. The number of aromatic hydroxyl groups is 1. The number of hydrogen-bond donors (Lipinski definition) is 2. The van der Waals surface area contributed by atoms with E-state index >= 15 is 0 Å². The van der Waals surface area contributed by atoms with Gasteiger partial charge in [0.2, 0.25) is 0 Å². The zero-order valence-corrected chi connectivity index (χ0v) is 11.9. The molecule has 23 heavy (non-hydrogen) atoms. The lowest BCUT2D eigenvalue weighted by atomic mass is 10.1. The van der Waals surface area contributed by atoms with Crippen LogP contribution in [0.25, 0.3) is 10.8 Å². The van der Waals surface area contributed by atoms with E-state index in [1.807, 2.05) is 0 Å². The molecule has 0 unspecified atom stereocenters. The number of carboxylic acids is 1. The summed E-state index contributed by atoms with van der Waals surface area (Å²) in [7, 11) is 0. The van der Waals surface area contributed by atoms with Crippen molar-refractivity contribution in [1.82, 2.24) is 4.68 Å². The third kappa shape index (κ3) is 2.82. The summed E-state index contributed by atoms with van der Waals surface area (Å²) in [6.07, 6.45) is 2.62. The van der Waals surface area contributed by atoms with Crippen molar-refractivity contribution in [3.8, 4) is 5.75 Å². The Morgan fingerprint density at radius 3 is 2.35 bits per heavy atom. The summed E-state index contributed by atoms with van der Waals surface area (Å²) in [6, 6.07) is 12.7. The molecule has 114 valence electrons. The SMILES string of the molecule is O=C(O)c1cn(/N=C/c2ccc(O)cc2)c(=O)c2ccccc12. The molecule has 0 amide bonds. The molecule has 0 bridgehead atoms. The number of rotatable bonds is 3. The number of benzene rings is 2. The first-order valence-corrected chi connectivity index (χ1v) is 6.77. The van der Waals surface area contributed by atoms with Crippen LogP contribution >= 0.6 is 0 Å². The molecule has 0 saturated heterocycles. The summed E-state index contributed by atoms with van der Waals surface area (Å²) in [4.78, 5) is 23.8. The molecule has 2 N–H and O–H groups in total. The second kappa shape index (κ2) is 5.76. The van der Waals surface area contributed by atoms with Gasteiger partial charge >= 0.3 is 5.97 Å². The number of hydrogen-bond acceptors (Lipinski definition) is 4. The van der Waals surface area contributed by atoms with E-state index in [0.29, 0.717) is 10.9 Å². The van der Waals surface area contributed by atoms with Crippen LogP contribution in [0.1, 0.15) is 15.9 Å². The van der Waals surface area contributed by atoms with Gasteiger partial charge in [0, 0.05) is 17.0 Å². The highest BCUT2D eigenvalue weighted by Gasteiger charge is 2.13. The van der Waals surface area contributed by atoms with E-state index in [4.69, 9.17) is 0 Å². The van der Waals surface area contributed by atoms with E-state index in [9.17, 15) is 19.8 Å². The molecule has 0 radical (unpaired) electrons. The number of carboxylic acid groups (broad SMARTS) is 1. The van der Waals surface area contributed by atoms with Crippen LogP contribution in [0.3, 0.4) is 0 Å². The second-order valence-electron chi connectivity index (χ2n) is 4.88. The van der Waals surface area contributed by atoms with Crippen LogP contribution in [0.2, 0.25) is 0 Å². The fourth-order valence-electron chi connectivity index (χ4n) is 2.22. The van der Waals surface area contributed by atoms with E-state index in [-0.39, 0.29) is 16.7 Å². The van der Waals surface area contributed by atoms with Crippen LogP contribution in [0.5, 0.6) is 5.75 Å². The van der Waals surface area contributed by atoms with E-state index in [0.717, 1.165) is 4.68 Å².